The third kappa shape index (κ3) is 3.77. The molecule has 0 spiro atoms. The monoisotopic (exact) mass is 370 g/mol. The number of carboxylic acid groups (broad SMARTS) is 1. The van der Waals surface area contributed by atoms with Gasteiger partial charge in [-0.1, -0.05) is 6.08 Å². The molecule has 0 atom stereocenters. The minimum absolute atomic E-state index is 0.0430. The molecule has 0 aromatic carbocycles. The van der Waals surface area contributed by atoms with Crippen LogP contribution >= 0.6 is 0 Å². The molecule has 1 fully saturated rings. The van der Waals surface area contributed by atoms with Gasteiger partial charge in [0.2, 0.25) is 15.9 Å². The minimum Gasteiger partial charge on any atom is -0.478 e. The zero-order valence-corrected chi connectivity index (χ0v) is 15.1. The van der Waals surface area contributed by atoms with Gasteiger partial charge in [0, 0.05) is 32.6 Å². The van der Waals surface area contributed by atoms with E-state index in [1.807, 2.05) is 0 Å². The van der Waals surface area contributed by atoms with Gasteiger partial charge < -0.3 is 14.4 Å². The summed E-state index contributed by atoms with van der Waals surface area (Å²) in [6.45, 7) is 7.20. The Hall–Kier alpha value is -2.13. The van der Waals surface area contributed by atoms with Crippen LogP contribution in [-0.2, 0) is 14.8 Å². The Morgan fingerprint density at radius 2 is 1.80 bits per heavy atom. The lowest BCUT2D eigenvalue weighted by Crippen LogP contribution is -2.50. The smallest absolute Gasteiger partial charge is 0.340 e. The van der Waals surface area contributed by atoms with E-state index in [1.54, 1.807) is 11.0 Å². The Bertz CT molecular complexity index is 788. The van der Waals surface area contributed by atoms with Crippen LogP contribution in [0.15, 0.2) is 22.0 Å². The number of rotatable bonds is 6. The molecule has 1 aromatic rings. The summed E-state index contributed by atoms with van der Waals surface area (Å²) in [7, 11) is -4.01. The fourth-order valence-corrected chi connectivity index (χ4v) is 4.71. The largest absolute Gasteiger partial charge is 0.478 e. The fourth-order valence-electron chi connectivity index (χ4n) is 2.91. The Kier molecular flexibility index (Phi) is 5.69. The highest BCUT2D eigenvalue weighted by Crippen LogP contribution is 2.29. The second-order valence-corrected chi connectivity index (χ2v) is 7.71. The first-order valence-electron chi connectivity index (χ1n) is 7.92. The number of carboxylic acids is 1. The highest BCUT2D eigenvalue weighted by molar-refractivity contribution is 7.89. The van der Waals surface area contributed by atoms with E-state index < -0.39 is 16.0 Å². The molecule has 1 aliphatic heterocycles. The standard InChI is InChI=1S/C16H22N2O6S/c1-4-5-6-13(19)17-7-9-18(10-8-17)25(22,23)15-12(3)24-11(2)14(15)16(20)21/h4H,1,5-10H2,2-3H3,(H,20,21). The summed E-state index contributed by atoms with van der Waals surface area (Å²) in [5.41, 5.74) is -0.331. The molecule has 0 saturated carbocycles. The van der Waals surface area contributed by atoms with Gasteiger partial charge in [-0.2, -0.15) is 4.31 Å². The molecule has 0 bridgehead atoms. The van der Waals surface area contributed by atoms with Gasteiger partial charge in [-0.15, -0.1) is 6.58 Å². The number of hydrogen-bond donors (Lipinski definition) is 1. The Labute approximate surface area is 146 Å². The number of sulfonamides is 1. The van der Waals surface area contributed by atoms with Crippen molar-refractivity contribution in [2.24, 2.45) is 0 Å². The van der Waals surface area contributed by atoms with Gasteiger partial charge >= 0.3 is 5.97 Å². The Morgan fingerprint density at radius 1 is 1.20 bits per heavy atom. The van der Waals surface area contributed by atoms with Crippen molar-refractivity contribution >= 4 is 21.9 Å². The number of amides is 1. The van der Waals surface area contributed by atoms with E-state index in [0.717, 1.165) is 0 Å². The number of furan rings is 1. The molecule has 2 rings (SSSR count). The van der Waals surface area contributed by atoms with Gasteiger partial charge in [-0.05, 0) is 20.3 Å². The van der Waals surface area contributed by atoms with Gasteiger partial charge in [0.05, 0.1) is 0 Å². The van der Waals surface area contributed by atoms with E-state index >= 15 is 0 Å². The first kappa shape index (κ1) is 19.2. The molecular weight excluding hydrogens is 348 g/mol. The van der Waals surface area contributed by atoms with Crippen LogP contribution in [0.3, 0.4) is 0 Å². The third-order valence-corrected chi connectivity index (χ3v) is 6.22. The Morgan fingerprint density at radius 3 is 2.32 bits per heavy atom. The predicted molar refractivity (Wildman–Crippen MR) is 89.9 cm³/mol. The van der Waals surface area contributed by atoms with Crippen LogP contribution in [0, 0.1) is 13.8 Å². The van der Waals surface area contributed by atoms with Crippen LogP contribution < -0.4 is 0 Å². The normalized spacial score (nSPS) is 16.0. The molecule has 25 heavy (non-hydrogen) atoms. The van der Waals surface area contributed by atoms with Gasteiger partial charge in [0.1, 0.15) is 22.0 Å². The van der Waals surface area contributed by atoms with Gasteiger partial charge in [-0.3, -0.25) is 4.79 Å². The molecule has 8 nitrogen and oxygen atoms in total. The van der Waals surface area contributed by atoms with Gasteiger partial charge in [0.25, 0.3) is 0 Å². The molecule has 1 aromatic heterocycles. The molecule has 0 aliphatic carbocycles. The molecular formula is C16H22N2O6S. The summed E-state index contributed by atoms with van der Waals surface area (Å²) in [5, 5.41) is 9.31. The maximum atomic E-state index is 12.9. The molecule has 2 heterocycles. The summed E-state index contributed by atoms with van der Waals surface area (Å²) in [6.07, 6.45) is 2.59. The van der Waals surface area contributed by atoms with Crippen molar-refractivity contribution in [2.45, 2.75) is 31.6 Å². The molecule has 1 aliphatic rings. The van der Waals surface area contributed by atoms with Crippen molar-refractivity contribution < 1.29 is 27.5 Å². The highest BCUT2D eigenvalue weighted by Gasteiger charge is 2.37. The quantitative estimate of drug-likeness (QED) is 0.758. The molecule has 138 valence electrons. The number of aromatic carboxylic acids is 1. The second kappa shape index (κ2) is 7.40. The number of carbonyl (C=O) groups is 2. The lowest BCUT2D eigenvalue weighted by molar-refractivity contribution is -0.132. The number of allylic oxidation sites excluding steroid dienone is 1. The summed E-state index contributed by atoms with van der Waals surface area (Å²) >= 11 is 0. The van der Waals surface area contributed by atoms with E-state index in [4.69, 9.17) is 4.42 Å². The number of piperazine rings is 1. The third-order valence-electron chi connectivity index (χ3n) is 4.17. The number of nitrogens with zero attached hydrogens (tertiary/aromatic N) is 2. The maximum Gasteiger partial charge on any atom is 0.340 e. The maximum absolute atomic E-state index is 12.9. The van der Waals surface area contributed by atoms with Crippen molar-refractivity contribution in [3.63, 3.8) is 0 Å². The number of carbonyl (C=O) groups excluding carboxylic acids is 1. The Balaban J connectivity index is 2.20. The first-order chi connectivity index (χ1) is 11.7. The molecule has 1 amide bonds. The van der Waals surface area contributed by atoms with Crippen LogP contribution in [0.2, 0.25) is 0 Å². The average molecular weight is 370 g/mol. The predicted octanol–water partition coefficient (Wildman–Crippen LogP) is 1.39. The minimum atomic E-state index is -4.01. The van der Waals surface area contributed by atoms with Crippen LogP contribution in [0.4, 0.5) is 0 Å². The molecule has 9 heteroatoms. The molecule has 1 N–H and O–H groups in total. The van der Waals surface area contributed by atoms with Crippen LogP contribution in [0.1, 0.15) is 34.7 Å². The summed E-state index contributed by atoms with van der Waals surface area (Å²) in [5.74, 6) is -1.27. The SMILES string of the molecule is C=CCCC(=O)N1CCN(S(=O)(=O)c2c(C)oc(C)c2C(=O)O)CC1. The van der Waals surface area contributed by atoms with E-state index in [1.165, 1.54) is 18.2 Å². The molecule has 0 unspecified atom stereocenters. The fraction of sp³-hybridized carbons (Fsp3) is 0.500. The lowest BCUT2D eigenvalue weighted by atomic mass is 10.2. The van der Waals surface area contributed by atoms with E-state index in [9.17, 15) is 23.1 Å². The van der Waals surface area contributed by atoms with Crippen LogP contribution in [-0.4, -0.2) is 60.8 Å². The molecule has 1 saturated heterocycles. The van der Waals surface area contributed by atoms with Crippen molar-refractivity contribution in [3.8, 4) is 0 Å². The van der Waals surface area contributed by atoms with Gasteiger partial charge in [-0.25, -0.2) is 13.2 Å². The number of aryl methyl sites for hydroxylation is 2. The highest BCUT2D eigenvalue weighted by atomic mass is 32.2. The van der Waals surface area contributed by atoms with E-state index in [2.05, 4.69) is 6.58 Å². The zero-order chi connectivity index (χ0) is 18.8. The van der Waals surface area contributed by atoms with Crippen molar-refractivity contribution in [1.29, 1.82) is 0 Å². The van der Waals surface area contributed by atoms with Crippen LogP contribution in [0.25, 0.3) is 0 Å². The zero-order valence-electron chi connectivity index (χ0n) is 14.3. The summed E-state index contributed by atoms with van der Waals surface area (Å²) in [4.78, 5) is 24.7. The number of hydrogen-bond acceptors (Lipinski definition) is 5. The summed E-state index contributed by atoms with van der Waals surface area (Å²) in [6, 6.07) is 0. The van der Waals surface area contributed by atoms with Crippen molar-refractivity contribution in [2.75, 3.05) is 26.2 Å². The van der Waals surface area contributed by atoms with Gasteiger partial charge in [0.15, 0.2) is 0 Å². The molecule has 0 radical (unpaired) electrons. The van der Waals surface area contributed by atoms with E-state index in [-0.39, 0.29) is 54.1 Å². The first-order valence-corrected chi connectivity index (χ1v) is 9.36. The van der Waals surface area contributed by atoms with Crippen LogP contribution in [0.5, 0.6) is 0 Å². The topological polar surface area (TPSA) is 108 Å². The second-order valence-electron chi connectivity index (χ2n) is 5.84. The van der Waals surface area contributed by atoms with Crippen molar-refractivity contribution in [1.82, 2.24) is 9.21 Å². The van der Waals surface area contributed by atoms with Crippen molar-refractivity contribution in [3.05, 3.63) is 29.7 Å². The average Bonchev–Trinajstić information content (AvgIpc) is 2.87. The summed E-state index contributed by atoms with van der Waals surface area (Å²) < 4.78 is 32.2. The van der Waals surface area contributed by atoms with E-state index in [0.29, 0.717) is 12.8 Å². The lowest BCUT2D eigenvalue weighted by Gasteiger charge is -2.34.